The lowest BCUT2D eigenvalue weighted by molar-refractivity contribution is -0.127. The van der Waals surface area contributed by atoms with Gasteiger partial charge in [0, 0.05) is 13.0 Å². The average molecular weight is 228 g/mol. The molecule has 16 heavy (non-hydrogen) atoms. The first kappa shape index (κ1) is 11.4. The Balaban J connectivity index is 2.08. The fourth-order valence-corrected chi connectivity index (χ4v) is 2.02. The maximum Gasteiger partial charge on any atom is 0.227 e. The van der Waals surface area contributed by atoms with Gasteiger partial charge in [-0.15, -0.1) is 0 Å². The lowest BCUT2D eigenvalue weighted by Crippen LogP contribution is -2.51. The second-order valence-corrected chi connectivity index (χ2v) is 4.15. The van der Waals surface area contributed by atoms with Gasteiger partial charge in [-0.1, -0.05) is 6.58 Å². The summed E-state index contributed by atoms with van der Waals surface area (Å²) < 4.78 is 5.44. The first-order valence-corrected chi connectivity index (χ1v) is 5.27. The molecule has 2 aliphatic heterocycles. The molecule has 2 fully saturated rings. The van der Waals surface area contributed by atoms with Crippen LogP contribution in [0.4, 0.5) is 0 Å². The minimum absolute atomic E-state index is 0.0951. The molecule has 0 aromatic rings. The fraction of sp³-hybridized carbons (Fsp3) is 0.700. The Morgan fingerprint density at radius 3 is 2.69 bits per heavy atom. The highest BCUT2D eigenvalue weighted by Crippen LogP contribution is 2.26. The SMILES string of the molecule is C=C1NC(=O)CCN1[C@@H]1O[C@H](C)[C@@H](O)[C@H]1O. The van der Waals surface area contributed by atoms with Crippen LogP contribution in [-0.4, -0.2) is 52.1 Å². The summed E-state index contributed by atoms with van der Waals surface area (Å²) in [5.41, 5.74) is 0. The summed E-state index contributed by atoms with van der Waals surface area (Å²) in [4.78, 5) is 12.8. The van der Waals surface area contributed by atoms with Crippen molar-refractivity contribution in [1.29, 1.82) is 0 Å². The van der Waals surface area contributed by atoms with E-state index in [0.29, 0.717) is 18.8 Å². The van der Waals surface area contributed by atoms with Crippen LogP contribution in [0.2, 0.25) is 0 Å². The first-order valence-electron chi connectivity index (χ1n) is 5.27. The van der Waals surface area contributed by atoms with Crippen LogP contribution in [0.15, 0.2) is 12.4 Å². The van der Waals surface area contributed by atoms with Crippen molar-refractivity contribution in [2.75, 3.05) is 6.54 Å². The van der Waals surface area contributed by atoms with Crippen LogP contribution in [0, 0.1) is 0 Å². The third-order valence-corrected chi connectivity index (χ3v) is 2.99. The quantitative estimate of drug-likeness (QED) is 0.522. The number of hydrogen-bond donors (Lipinski definition) is 3. The summed E-state index contributed by atoms with van der Waals surface area (Å²) in [6, 6.07) is 0. The Bertz CT molecular complexity index is 320. The van der Waals surface area contributed by atoms with Crippen molar-refractivity contribution in [3.8, 4) is 0 Å². The highest BCUT2D eigenvalue weighted by atomic mass is 16.6. The van der Waals surface area contributed by atoms with E-state index in [2.05, 4.69) is 11.9 Å². The van der Waals surface area contributed by atoms with Gasteiger partial charge in [-0.25, -0.2) is 0 Å². The van der Waals surface area contributed by atoms with Crippen molar-refractivity contribution in [2.24, 2.45) is 0 Å². The van der Waals surface area contributed by atoms with Gasteiger partial charge in [0.15, 0.2) is 6.23 Å². The smallest absolute Gasteiger partial charge is 0.227 e. The number of carbonyl (C=O) groups is 1. The highest BCUT2D eigenvalue weighted by molar-refractivity contribution is 5.78. The van der Waals surface area contributed by atoms with E-state index in [9.17, 15) is 15.0 Å². The molecular formula is C10H16N2O4. The molecule has 4 atom stereocenters. The topological polar surface area (TPSA) is 82.0 Å². The van der Waals surface area contributed by atoms with Crippen molar-refractivity contribution >= 4 is 5.91 Å². The van der Waals surface area contributed by atoms with Crippen LogP contribution in [-0.2, 0) is 9.53 Å². The molecule has 2 aliphatic rings. The van der Waals surface area contributed by atoms with Gasteiger partial charge in [-0.05, 0) is 6.92 Å². The number of rotatable bonds is 1. The van der Waals surface area contributed by atoms with E-state index in [4.69, 9.17) is 4.74 Å². The zero-order valence-electron chi connectivity index (χ0n) is 9.09. The fourth-order valence-electron chi connectivity index (χ4n) is 2.02. The molecule has 1 amide bonds. The molecule has 90 valence electrons. The number of ether oxygens (including phenoxy) is 1. The second kappa shape index (κ2) is 4.04. The Labute approximate surface area is 93.5 Å². The van der Waals surface area contributed by atoms with E-state index in [1.807, 2.05) is 0 Å². The molecular weight excluding hydrogens is 212 g/mol. The van der Waals surface area contributed by atoms with Crippen LogP contribution >= 0.6 is 0 Å². The number of aliphatic hydroxyl groups is 2. The van der Waals surface area contributed by atoms with Crippen LogP contribution in [0.3, 0.4) is 0 Å². The van der Waals surface area contributed by atoms with Gasteiger partial charge in [0.1, 0.15) is 18.0 Å². The predicted octanol–water partition coefficient (Wildman–Crippen LogP) is -1.25. The van der Waals surface area contributed by atoms with Gasteiger partial charge in [0.25, 0.3) is 0 Å². The van der Waals surface area contributed by atoms with E-state index in [1.54, 1.807) is 11.8 Å². The Kier molecular flexibility index (Phi) is 2.88. The van der Waals surface area contributed by atoms with Gasteiger partial charge in [-0.2, -0.15) is 0 Å². The minimum atomic E-state index is -0.984. The van der Waals surface area contributed by atoms with Crippen molar-refractivity contribution < 1.29 is 19.7 Å². The van der Waals surface area contributed by atoms with Crippen LogP contribution in [0.25, 0.3) is 0 Å². The van der Waals surface area contributed by atoms with Crippen molar-refractivity contribution in [2.45, 2.75) is 37.9 Å². The average Bonchev–Trinajstić information content (AvgIpc) is 2.46. The molecule has 0 spiro atoms. The monoisotopic (exact) mass is 228 g/mol. The highest BCUT2D eigenvalue weighted by Gasteiger charge is 2.44. The molecule has 0 aromatic carbocycles. The summed E-state index contributed by atoms with van der Waals surface area (Å²) >= 11 is 0. The standard InChI is InChI=1S/C10H16N2O4/c1-5-8(14)9(15)10(16-5)12-4-3-7(13)11-6(12)2/h5,8-10,14-15H,2-4H2,1H3,(H,11,13)/t5-,8-,9-,10-/m1/s1. The lowest BCUT2D eigenvalue weighted by Gasteiger charge is -2.36. The van der Waals surface area contributed by atoms with E-state index in [0.717, 1.165) is 0 Å². The molecule has 2 rings (SSSR count). The Morgan fingerprint density at radius 2 is 2.19 bits per heavy atom. The van der Waals surface area contributed by atoms with Crippen molar-refractivity contribution in [3.63, 3.8) is 0 Å². The summed E-state index contributed by atoms with van der Waals surface area (Å²) in [5.74, 6) is 0.309. The Hall–Kier alpha value is -1.11. The molecule has 2 heterocycles. The van der Waals surface area contributed by atoms with Gasteiger partial charge in [-0.3, -0.25) is 4.79 Å². The number of nitrogens with one attached hydrogen (secondary N) is 1. The third kappa shape index (κ3) is 1.79. The molecule has 0 saturated carbocycles. The Morgan fingerprint density at radius 1 is 1.50 bits per heavy atom. The van der Waals surface area contributed by atoms with Crippen LogP contribution < -0.4 is 5.32 Å². The molecule has 0 aromatic heterocycles. The summed E-state index contributed by atoms with van der Waals surface area (Å²) in [6.07, 6.45) is -2.63. The zero-order valence-corrected chi connectivity index (χ0v) is 9.09. The van der Waals surface area contributed by atoms with Gasteiger partial charge in [0.2, 0.25) is 5.91 Å². The van der Waals surface area contributed by atoms with E-state index < -0.39 is 24.5 Å². The van der Waals surface area contributed by atoms with Crippen LogP contribution in [0.5, 0.6) is 0 Å². The van der Waals surface area contributed by atoms with E-state index in [-0.39, 0.29) is 5.91 Å². The normalized spacial score (nSPS) is 40.1. The van der Waals surface area contributed by atoms with E-state index >= 15 is 0 Å². The molecule has 0 unspecified atom stereocenters. The van der Waals surface area contributed by atoms with Crippen molar-refractivity contribution in [1.82, 2.24) is 10.2 Å². The molecule has 6 nitrogen and oxygen atoms in total. The minimum Gasteiger partial charge on any atom is -0.388 e. The number of carbonyl (C=O) groups excluding carboxylic acids is 1. The van der Waals surface area contributed by atoms with Crippen LogP contribution in [0.1, 0.15) is 13.3 Å². The molecule has 0 bridgehead atoms. The third-order valence-electron chi connectivity index (χ3n) is 2.99. The van der Waals surface area contributed by atoms with Gasteiger partial charge >= 0.3 is 0 Å². The van der Waals surface area contributed by atoms with E-state index in [1.165, 1.54) is 0 Å². The number of aliphatic hydroxyl groups excluding tert-OH is 2. The molecule has 0 radical (unpaired) electrons. The van der Waals surface area contributed by atoms with Gasteiger partial charge < -0.3 is 25.2 Å². The molecule has 0 aliphatic carbocycles. The molecule has 6 heteroatoms. The zero-order chi connectivity index (χ0) is 11.9. The summed E-state index contributed by atoms with van der Waals surface area (Å²) in [7, 11) is 0. The maximum absolute atomic E-state index is 11.1. The summed E-state index contributed by atoms with van der Waals surface area (Å²) in [5, 5.41) is 22.0. The van der Waals surface area contributed by atoms with Crippen molar-refractivity contribution in [3.05, 3.63) is 12.4 Å². The predicted molar refractivity (Wildman–Crippen MR) is 55.0 cm³/mol. The number of hydrogen-bond acceptors (Lipinski definition) is 5. The number of amides is 1. The maximum atomic E-state index is 11.1. The summed E-state index contributed by atoms with van der Waals surface area (Å²) in [6.45, 7) is 5.83. The lowest BCUT2D eigenvalue weighted by atomic mass is 10.1. The number of nitrogens with zero attached hydrogens (tertiary/aromatic N) is 1. The largest absolute Gasteiger partial charge is 0.388 e. The van der Waals surface area contributed by atoms with Gasteiger partial charge in [0.05, 0.1) is 6.10 Å². The molecule has 3 N–H and O–H groups in total. The molecule has 2 saturated heterocycles. The second-order valence-electron chi connectivity index (χ2n) is 4.15. The first-order chi connectivity index (χ1) is 7.50.